The molecule has 4 rings (SSSR count). The smallest absolute Gasteiger partial charge is 0.338 e. The monoisotopic (exact) mass is 490 g/mol. The van der Waals surface area contributed by atoms with Crippen molar-refractivity contribution >= 4 is 11.8 Å². The highest BCUT2D eigenvalue weighted by atomic mass is 19.4. The summed E-state index contributed by atoms with van der Waals surface area (Å²) in [4.78, 5) is 28.2. The third-order valence-electron chi connectivity index (χ3n) is 5.76. The van der Waals surface area contributed by atoms with Crippen LogP contribution in [0.15, 0.2) is 54.7 Å². The van der Waals surface area contributed by atoms with Crippen molar-refractivity contribution in [1.82, 2.24) is 30.5 Å². The van der Waals surface area contributed by atoms with Crippen molar-refractivity contribution in [1.29, 1.82) is 0 Å². The van der Waals surface area contributed by atoms with Gasteiger partial charge in [-0.15, -0.1) is 5.10 Å². The minimum absolute atomic E-state index is 0.0253. The Labute approximate surface area is 197 Å². The molecule has 12 heteroatoms. The molecule has 0 aliphatic carbocycles. The van der Waals surface area contributed by atoms with E-state index in [1.165, 1.54) is 9.80 Å². The summed E-state index contributed by atoms with van der Waals surface area (Å²) in [6, 6.07) is 10.8. The summed E-state index contributed by atoms with van der Waals surface area (Å²) in [5.74, 6) is -2.08. The number of hydrogen-bond donors (Lipinski definition) is 2. The van der Waals surface area contributed by atoms with Crippen LogP contribution in [-0.4, -0.2) is 69.7 Å². The van der Waals surface area contributed by atoms with Gasteiger partial charge in [0.1, 0.15) is 11.5 Å². The summed E-state index contributed by atoms with van der Waals surface area (Å²) in [7, 11) is 0. The average molecular weight is 490 g/mol. The molecule has 0 radical (unpaired) electrons. The molecule has 1 aliphatic rings. The topological polar surface area (TPSA) is 94.2 Å². The van der Waals surface area contributed by atoms with Crippen molar-refractivity contribution in [3.63, 3.8) is 0 Å². The van der Waals surface area contributed by atoms with Gasteiger partial charge in [-0.2, -0.15) is 13.2 Å². The summed E-state index contributed by atoms with van der Waals surface area (Å²) < 4.78 is 53.5. The number of amides is 2. The van der Waals surface area contributed by atoms with Crippen molar-refractivity contribution in [2.75, 3.05) is 32.7 Å². The standard InChI is InChI=1S/C23H22F4N6O2/c24-16-6-7-18(23(25,26)27)17(12-16)22(35)33-10-8-32(9-11-33)20(34)14-28-21(19-13-29-31-30-19)15-4-2-1-3-5-15/h1-7,12-13,21,28H,8-11,14H2,(H,29,30,31). The maximum absolute atomic E-state index is 13.6. The van der Waals surface area contributed by atoms with E-state index in [4.69, 9.17) is 0 Å². The Kier molecular flexibility index (Phi) is 7.10. The van der Waals surface area contributed by atoms with Gasteiger partial charge in [0.05, 0.1) is 23.7 Å². The number of carbonyl (C=O) groups excluding carboxylic acids is 2. The van der Waals surface area contributed by atoms with E-state index >= 15 is 0 Å². The number of aromatic nitrogens is 3. The predicted molar refractivity (Wildman–Crippen MR) is 117 cm³/mol. The van der Waals surface area contributed by atoms with Gasteiger partial charge in [-0.1, -0.05) is 35.5 Å². The lowest BCUT2D eigenvalue weighted by molar-refractivity contribution is -0.138. The van der Waals surface area contributed by atoms with E-state index in [9.17, 15) is 27.2 Å². The van der Waals surface area contributed by atoms with E-state index in [2.05, 4.69) is 20.7 Å². The number of carbonyl (C=O) groups is 2. The molecule has 0 spiro atoms. The lowest BCUT2D eigenvalue weighted by Crippen LogP contribution is -2.52. The lowest BCUT2D eigenvalue weighted by atomic mass is 10.0. The second-order valence-electron chi connectivity index (χ2n) is 7.98. The Hall–Kier alpha value is -3.80. The third-order valence-corrected chi connectivity index (χ3v) is 5.76. The van der Waals surface area contributed by atoms with Gasteiger partial charge < -0.3 is 9.80 Å². The number of nitrogens with zero attached hydrogens (tertiary/aromatic N) is 4. The van der Waals surface area contributed by atoms with Crippen LogP contribution in [0.3, 0.4) is 0 Å². The van der Waals surface area contributed by atoms with Gasteiger partial charge in [0, 0.05) is 32.4 Å². The van der Waals surface area contributed by atoms with E-state index in [-0.39, 0.29) is 44.7 Å². The SMILES string of the molecule is O=C(CNC(c1ccccc1)c1c[nH]nn1)N1CCN(C(=O)c2cc(F)ccc2C(F)(F)F)CC1. The molecular formula is C23H22F4N6O2. The molecule has 3 aromatic rings. The van der Waals surface area contributed by atoms with Gasteiger partial charge in [0.15, 0.2) is 0 Å². The molecule has 2 aromatic carbocycles. The lowest BCUT2D eigenvalue weighted by Gasteiger charge is -2.35. The van der Waals surface area contributed by atoms with Crippen molar-refractivity contribution < 1.29 is 27.2 Å². The summed E-state index contributed by atoms with van der Waals surface area (Å²) in [6.07, 6.45) is -3.16. The predicted octanol–water partition coefficient (Wildman–Crippen LogP) is 2.63. The van der Waals surface area contributed by atoms with Crippen LogP contribution in [0.25, 0.3) is 0 Å². The summed E-state index contributed by atoms with van der Waals surface area (Å²) in [5.41, 5.74) is -0.432. The fourth-order valence-corrected chi connectivity index (χ4v) is 3.96. The van der Waals surface area contributed by atoms with Gasteiger partial charge in [-0.05, 0) is 23.8 Å². The molecule has 1 atom stereocenters. The number of aromatic amines is 1. The fourth-order valence-electron chi connectivity index (χ4n) is 3.96. The Morgan fingerprint density at radius 1 is 1.03 bits per heavy atom. The molecule has 184 valence electrons. The molecule has 8 nitrogen and oxygen atoms in total. The molecule has 1 unspecified atom stereocenters. The highest BCUT2D eigenvalue weighted by Gasteiger charge is 2.37. The Morgan fingerprint density at radius 2 is 1.71 bits per heavy atom. The molecular weight excluding hydrogens is 468 g/mol. The molecule has 0 saturated carbocycles. The fraction of sp³-hybridized carbons (Fsp3) is 0.304. The summed E-state index contributed by atoms with van der Waals surface area (Å²) in [6.45, 7) is 0.321. The van der Waals surface area contributed by atoms with Crippen LogP contribution in [0.2, 0.25) is 0 Å². The maximum Gasteiger partial charge on any atom is 0.417 e. The summed E-state index contributed by atoms with van der Waals surface area (Å²) in [5, 5.41) is 13.6. The highest BCUT2D eigenvalue weighted by Crippen LogP contribution is 2.33. The second kappa shape index (κ2) is 10.2. The Morgan fingerprint density at radius 3 is 2.34 bits per heavy atom. The molecule has 1 aliphatic heterocycles. The van der Waals surface area contributed by atoms with Crippen molar-refractivity contribution in [2.24, 2.45) is 0 Å². The number of nitrogens with one attached hydrogen (secondary N) is 2. The first kappa shape index (κ1) is 24.3. The van der Waals surface area contributed by atoms with Crippen LogP contribution in [-0.2, 0) is 11.0 Å². The normalized spacial score (nSPS) is 15.2. The minimum Gasteiger partial charge on any atom is -0.338 e. The number of benzene rings is 2. The van der Waals surface area contributed by atoms with Gasteiger partial charge in [0.2, 0.25) is 5.91 Å². The van der Waals surface area contributed by atoms with E-state index < -0.39 is 29.0 Å². The van der Waals surface area contributed by atoms with Crippen LogP contribution in [0, 0.1) is 5.82 Å². The number of rotatable bonds is 6. The highest BCUT2D eigenvalue weighted by molar-refractivity contribution is 5.96. The largest absolute Gasteiger partial charge is 0.417 e. The molecule has 1 aromatic heterocycles. The molecule has 1 saturated heterocycles. The molecule has 1 fully saturated rings. The molecule has 2 heterocycles. The van der Waals surface area contributed by atoms with Crippen molar-refractivity contribution in [2.45, 2.75) is 12.2 Å². The van der Waals surface area contributed by atoms with Crippen LogP contribution in [0.1, 0.15) is 33.2 Å². The minimum atomic E-state index is -4.79. The van der Waals surface area contributed by atoms with E-state index in [1.807, 2.05) is 30.3 Å². The van der Waals surface area contributed by atoms with Gasteiger partial charge in [-0.25, -0.2) is 4.39 Å². The average Bonchev–Trinajstić information content (AvgIpc) is 3.38. The van der Waals surface area contributed by atoms with E-state index in [0.29, 0.717) is 23.9 Å². The van der Waals surface area contributed by atoms with E-state index in [1.54, 1.807) is 6.20 Å². The number of hydrogen-bond acceptors (Lipinski definition) is 5. The van der Waals surface area contributed by atoms with Crippen LogP contribution in [0.5, 0.6) is 0 Å². The first-order valence-electron chi connectivity index (χ1n) is 10.8. The van der Waals surface area contributed by atoms with Crippen molar-refractivity contribution in [3.8, 4) is 0 Å². The number of H-pyrrole nitrogens is 1. The zero-order valence-corrected chi connectivity index (χ0v) is 18.4. The zero-order chi connectivity index (χ0) is 25.0. The number of piperazine rings is 1. The molecule has 35 heavy (non-hydrogen) atoms. The Bertz CT molecular complexity index is 1160. The third kappa shape index (κ3) is 5.65. The van der Waals surface area contributed by atoms with Crippen molar-refractivity contribution in [3.05, 3.63) is 82.9 Å². The van der Waals surface area contributed by atoms with E-state index in [0.717, 1.165) is 5.56 Å². The second-order valence-corrected chi connectivity index (χ2v) is 7.98. The maximum atomic E-state index is 13.6. The van der Waals surface area contributed by atoms with Gasteiger partial charge in [0.25, 0.3) is 5.91 Å². The Balaban J connectivity index is 1.37. The summed E-state index contributed by atoms with van der Waals surface area (Å²) >= 11 is 0. The first-order chi connectivity index (χ1) is 16.7. The van der Waals surface area contributed by atoms with Crippen LogP contribution in [0.4, 0.5) is 17.6 Å². The molecule has 2 amide bonds. The number of alkyl halides is 3. The zero-order valence-electron chi connectivity index (χ0n) is 18.4. The van der Waals surface area contributed by atoms with Gasteiger partial charge >= 0.3 is 6.18 Å². The molecule has 0 bridgehead atoms. The van der Waals surface area contributed by atoms with Crippen LogP contribution >= 0.6 is 0 Å². The molecule has 2 N–H and O–H groups in total. The number of halogens is 4. The first-order valence-corrected chi connectivity index (χ1v) is 10.8. The quantitative estimate of drug-likeness (QED) is 0.519. The van der Waals surface area contributed by atoms with Crippen LogP contribution < -0.4 is 5.32 Å². The van der Waals surface area contributed by atoms with Gasteiger partial charge in [-0.3, -0.25) is 20.0 Å².